The minimum absolute atomic E-state index is 0.0670. The largest absolute Gasteiger partial charge is 0.493 e. The second-order valence-corrected chi connectivity index (χ2v) is 10.6. The van der Waals surface area contributed by atoms with Crippen LogP contribution in [0.2, 0.25) is 0 Å². The maximum Gasteiger partial charge on any atom is 0.236 e. The molecule has 0 spiro atoms. The Morgan fingerprint density at radius 2 is 1.33 bits per heavy atom. The van der Waals surface area contributed by atoms with Gasteiger partial charge >= 0.3 is 0 Å². The first kappa shape index (κ1) is 26.4. The van der Waals surface area contributed by atoms with Crippen LogP contribution in [0.15, 0.2) is 12.1 Å². The quantitative estimate of drug-likeness (QED) is 0.319. The Kier molecular flexibility index (Phi) is 10.8. The van der Waals surface area contributed by atoms with Crippen molar-refractivity contribution in [2.24, 2.45) is 0 Å². The Morgan fingerprint density at radius 3 is 1.77 bits per heavy atom. The zero-order valence-electron chi connectivity index (χ0n) is 19.5. The lowest BCUT2D eigenvalue weighted by atomic mass is 10.0. The Morgan fingerprint density at radius 1 is 0.833 bits per heavy atom. The fourth-order valence-electron chi connectivity index (χ4n) is 3.15. The monoisotopic (exact) mass is 442 g/mol. The van der Waals surface area contributed by atoms with E-state index in [0.29, 0.717) is 25.9 Å². The third kappa shape index (κ3) is 8.99. The summed E-state index contributed by atoms with van der Waals surface area (Å²) in [6, 6.07) is 4.38. The minimum atomic E-state index is -3.53. The van der Waals surface area contributed by atoms with E-state index in [1.165, 1.54) is 12.6 Å². The predicted molar refractivity (Wildman–Crippen MR) is 121 cm³/mol. The molecule has 1 rings (SSSR count). The summed E-state index contributed by atoms with van der Waals surface area (Å²) in [5, 5.41) is 0. The highest BCUT2D eigenvalue weighted by Crippen LogP contribution is 2.29. The Bertz CT molecular complexity index is 748. The molecular weight excluding hydrogens is 404 g/mol. The van der Waals surface area contributed by atoms with Crippen LogP contribution >= 0.6 is 0 Å². The molecule has 0 radical (unpaired) electrons. The number of benzene rings is 1. The summed E-state index contributed by atoms with van der Waals surface area (Å²) in [4.78, 5) is 17.1. The summed E-state index contributed by atoms with van der Waals surface area (Å²) < 4.78 is 30.7. The van der Waals surface area contributed by atoms with Gasteiger partial charge in [0.25, 0.3) is 0 Å². The summed E-state index contributed by atoms with van der Waals surface area (Å²) in [6.07, 6.45) is 1.35. The molecule has 0 atom stereocenters. The van der Waals surface area contributed by atoms with Crippen LogP contribution in [0.3, 0.4) is 0 Å². The molecule has 1 aromatic carbocycles. The molecule has 172 valence electrons. The lowest BCUT2D eigenvalue weighted by Crippen LogP contribution is -2.28. The number of carbonyl (C=O) groups excluding carboxylic acids is 1. The predicted octanol–water partition coefficient (Wildman–Crippen LogP) is 1.45. The molecule has 0 bridgehead atoms. The van der Waals surface area contributed by atoms with Crippen molar-refractivity contribution in [2.45, 2.75) is 32.5 Å². The third-order valence-electron chi connectivity index (χ3n) is 4.40. The number of rotatable bonds is 14. The van der Waals surface area contributed by atoms with Crippen LogP contribution in [0, 0.1) is 0 Å². The van der Waals surface area contributed by atoms with E-state index in [-0.39, 0.29) is 5.75 Å². The first-order valence-corrected chi connectivity index (χ1v) is 11.7. The zero-order valence-corrected chi connectivity index (χ0v) is 20.3. The highest BCUT2D eigenvalue weighted by atomic mass is 32.2. The van der Waals surface area contributed by atoms with Crippen molar-refractivity contribution >= 4 is 16.4 Å². The molecule has 0 saturated carbocycles. The molecule has 0 saturated heterocycles. The van der Waals surface area contributed by atoms with Gasteiger partial charge in [-0.15, -0.1) is 0 Å². The topological polar surface area (TPSA) is 73.4 Å². The zero-order chi connectivity index (χ0) is 22.9. The molecule has 0 N–H and O–H groups in total. The van der Waals surface area contributed by atoms with Gasteiger partial charge in [0.2, 0.25) is 16.4 Å². The van der Waals surface area contributed by atoms with Gasteiger partial charge in [-0.3, -0.25) is 4.79 Å². The van der Waals surface area contributed by atoms with Gasteiger partial charge in [0.05, 0.1) is 12.4 Å². The van der Waals surface area contributed by atoms with Crippen molar-refractivity contribution in [1.29, 1.82) is 0 Å². The van der Waals surface area contributed by atoms with Gasteiger partial charge in [-0.25, -0.2) is 12.7 Å². The van der Waals surface area contributed by atoms with Crippen molar-refractivity contribution < 1.29 is 17.9 Å². The average Bonchev–Trinajstić information content (AvgIpc) is 2.60. The number of hydrogen-bond donors (Lipinski definition) is 0. The third-order valence-corrected chi connectivity index (χ3v) is 6.17. The maximum atomic E-state index is 11.9. The van der Waals surface area contributed by atoms with Gasteiger partial charge < -0.3 is 19.4 Å². The van der Waals surface area contributed by atoms with Crippen molar-refractivity contribution in [3.63, 3.8) is 0 Å². The number of amides is 1. The number of unbranched alkanes of at least 4 members (excludes halogenated alkanes) is 1. The van der Waals surface area contributed by atoms with Gasteiger partial charge in [-0.1, -0.05) is 0 Å². The van der Waals surface area contributed by atoms with Crippen molar-refractivity contribution in [3.05, 3.63) is 28.8 Å². The highest BCUT2D eigenvalue weighted by Gasteiger charge is 2.17. The SMILES string of the molecule is CN(C)Cc1cc(CN(C)C)c(OCCCCS(=O)(=O)N(C)C=O)c(CN(C)C)c1. The Balaban J connectivity index is 2.97. The van der Waals surface area contributed by atoms with Crippen LogP contribution in [0.5, 0.6) is 5.75 Å². The van der Waals surface area contributed by atoms with E-state index in [1.807, 2.05) is 28.2 Å². The van der Waals surface area contributed by atoms with Crippen LogP contribution in [0.4, 0.5) is 0 Å². The molecule has 0 aliphatic carbocycles. The fourth-order valence-corrected chi connectivity index (χ4v) is 4.14. The van der Waals surface area contributed by atoms with Crippen molar-refractivity contribution in [2.75, 3.05) is 61.7 Å². The molecular formula is C21H38N4O4S. The molecule has 8 nitrogen and oxygen atoms in total. The van der Waals surface area contributed by atoms with Crippen LogP contribution in [-0.2, 0) is 34.5 Å². The molecule has 0 aliphatic heterocycles. The summed E-state index contributed by atoms with van der Waals surface area (Å²) in [7, 11) is 9.96. The van der Waals surface area contributed by atoms with Crippen LogP contribution in [-0.4, -0.2) is 95.5 Å². The van der Waals surface area contributed by atoms with E-state index in [2.05, 4.69) is 40.9 Å². The second kappa shape index (κ2) is 12.2. The van der Waals surface area contributed by atoms with E-state index in [4.69, 9.17) is 4.74 Å². The molecule has 0 aliphatic rings. The summed E-state index contributed by atoms with van der Waals surface area (Å²) in [6.45, 7) is 2.79. The fraction of sp³-hybridized carbons (Fsp3) is 0.667. The molecule has 0 unspecified atom stereocenters. The van der Waals surface area contributed by atoms with E-state index in [1.54, 1.807) is 0 Å². The van der Waals surface area contributed by atoms with E-state index >= 15 is 0 Å². The molecule has 0 aromatic heterocycles. The summed E-state index contributed by atoms with van der Waals surface area (Å²) in [5.74, 6) is 0.815. The molecule has 0 heterocycles. The number of sulfonamides is 1. The number of carbonyl (C=O) groups is 1. The smallest absolute Gasteiger partial charge is 0.236 e. The highest BCUT2D eigenvalue weighted by molar-refractivity contribution is 7.89. The van der Waals surface area contributed by atoms with Crippen molar-refractivity contribution in [1.82, 2.24) is 19.0 Å². The Hall–Kier alpha value is -1.68. The maximum absolute atomic E-state index is 11.9. The average molecular weight is 443 g/mol. The second-order valence-electron chi connectivity index (χ2n) is 8.45. The lowest BCUT2D eigenvalue weighted by Gasteiger charge is -2.23. The summed E-state index contributed by atoms with van der Waals surface area (Å²) in [5.41, 5.74) is 3.50. The van der Waals surface area contributed by atoms with Crippen LogP contribution in [0.1, 0.15) is 29.5 Å². The lowest BCUT2D eigenvalue weighted by molar-refractivity contribution is -0.113. The minimum Gasteiger partial charge on any atom is -0.493 e. The van der Waals surface area contributed by atoms with Gasteiger partial charge in [0.1, 0.15) is 5.75 Å². The van der Waals surface area contributed by atoms with Gasteiger partial charge in [0.15, 0.2) is 0 Å². The Labute approximate surface area is 182 Å². The molecule has 9 heteroatoms. The first-order chi connectivity index (χ1) is 14.0. The number of hydrogen-bond acceptors (Lipinski definition) is 7. The van der Waals surface area contributed by atoms with Crippen molar-refractivity contribution in [3.8, 4) is 5.75 Å². The van der Waals surface area contributed by atoms with Crippen LogP contribution < -0.4 is 4.74 Å². The van der Waals surface area contributed by atoms with E-state index < -0.39 is 10.0 Å². The van der Waals surface area contributed by atoms with Crippen LogP contribution in [0.25, 0.3) is 0 Å². The van der Waals surface area contributed by atoms with E-state index in [9.17, 15) is 13.2 Å². The molecule has 30 heavy (non-hydrogen) atoms. The first-order valence-electron chi connectivity index (χ1n) is 10.1. The van der Waals surface area contributed by atoms with Gasteiger partial charge in [-0.2, -0.15) is 0 Å². The summed E-state index contributed by atoms with van der Waals surface area (Å²) >= 11 is 0. The number of ether oxygens (including phenoxy) is 1. The molecule has 1 aromatic rings. The number of nitrogens with zero attached hydrogens (tertiary/aromatic N) is 4. The molecule has 0 fully saturated rings. The van der Waals surface area contributed by atoms with Gasteiger partial charge in [0, 0.05) is 37.8 Å². The van der Waals surface area contributed by atoms with E-state index in [0.717, 1.165) is 40.8 Å². The standard InChI is InChI=1S/C21H38N4O4S/c1-22(2)14-18-12-19(15-23(3)4)21(20(13-18)16-24(5)6)29-10-8-9-11-30(27,28)25(7)17-26/h12-13,17H,8-11,14-16H2,1-7H3. The molecule has 1 amide bonds. The van der Waals surface area contributed by atoms with Gasteiger partial charge in [-0.05, 0) is 72.8 Å². The normalized spacial score (nSPS) is 12.1.